The lowest BCUT2D eigenvalue weighted by molar-refractivity contribution is -0.132. The number of allylic oxidation sites excluding steroid dienone is 4. The van der Waals surface area contributed by atoms with Gasteiger partial charge in [0, 0.05) is 5.70 Å². The highest BCUT2D eigenvalue weighted by atomic mass is 19.3. The molecule has 1 aliphatic rings. The minimum Gasteiger partial charge on any atom is -0.442 e. The van der Waals surface area contributed by atoms with E-state index in [1.165, 1.54) is 4.90 Å². The van der Waals surface area contributed by atoms with Gasteiger partial charge in [0.25, 0.3) is 5.91 Å². The van der Waals surface area contributed by atoms with Crippen molar-refractivity contribution in [3.8, 4) is 0 Å². The molecule has 0 saturated carbocycles. The number of halogens is 2. The van der Waals surface area contributed by atoms with Gasteiger partial charge in [0.05, 0.1) is 13.1 Å². The zero-order chi connectivity index (χ0) is 16.0. The Morgan fingerprint density at radius 1 is 1.62 bits per heavy atom. The average Bonchev–Trinajstić information content (AvgIpc) is 2.82. The first-order chi connectivity index (χ1) is 9.88. The second-order valence-corrected chi connectivity index (χ2v) is 4.47. The second-order valence-electron chi connectivity index (χ2n) is 4.47. The fourth-order valence-corrected chi connectivity index (χ4v) is 1.74. The number of nitrogens with one attached hydrogen (secondary N) is 1. The highest BCUT2D eigenvalue weighted by molar-refractivity contribution is 5.79. The molecule has 0 aliphatic carbocycles. The van der Waals surface area contributed by atoms with Gasteiger partial charge in [-0.3, -0.25) is 9.69 Å². The Labute approximate surface area is 121 Å². The number of rotatable bonds is 6. The third-order valence-corrected chi connectivity index (χ3v) is 2.88. The molecule has 1 fully saturated rings. The number of ether oxygens (including phenoxy) is 1. The second kappa shape index (κ2) is 7.56. The van der Waals surface area contributed by atoms with Crippen LogP contribution in [0.25, 0.3) is 0 Å². The van der Waals surface area contributed by atoms with E-state index in [9.17, 15) is 18.4 Å². The summed E-state index contributed by atoms with van der Waals surface area (Å²) in [6, 6.07) is 0. The van der Waals surface area contributed by atoms with Crippen LogP contribution in [0.2, 0.25) is 0 Å². The Kier molecular flexibility index (Phi) is 6.08. The number of carbonyl (C=O) groups excluding carboxylic acids is 2. The van der Waals surface area contributed by atoms with Crippen LogP contribution in [0.15, 0.2) is 36.1 Å². The van der Waals surface area contributed by atoms with Crippen molar-refractivity contribution < 1.29 is 23.1 Å². The Balaban J connectivity index is 2.66. The van der Waals surface area contributed by atoms with Crippen molar-refractivity contribution in [2.24, 2.45) is 0 Å². The Bertz CT molecular complexity index is 487. The van der Waals surface area contributed by atoms with Crippen LogP contribution >= 0.6 is 0 Å². The van der Waals surface area contributed by atoms with Gasteiger partial charge >= 0.3 is 12.5 Å². The van der Waals surface area contributed by atoms with Crippen molar-refractivity contribution in [3.05, 3.63) is 36.1 Å². The molecular formula is C14H18F2N2O3. The summed E-state index contributed by atoms with van der Waals surface area (Å²) in [5.41, 5.74) is 1.49. The lowest BCUT2D eigenvalue weighted by Crippen LogP contribution is -2.37. The van der Waals surface area contributed by atoms with E-state index < -0.39 is 24.5 Å². The molecule has 1 aliphatic heterocycles. The van der Waals surface area contributed by atoms with E-state index in [0.717, 1.165) is 5.57 Å². The van der Waals surface area contributed by atoms with Crippen LogP contribution in [0.5, 0.6) is 0 Å². The molecule has 5 nitrogen and oxygen atoms in total. The third-order valence-electron chi connectivity index (χ3n) is 2.88. The van der Waals surface area contributed by atoms with Crippen LogP contribution in [0.1, 0.15) is 13.8 Å². The highest BCUT2D eigenvalue weighted by Gasteiger charge is 2.33. The molecule has 0 aromatic heterocycles. The summed E-state index contributed by atoms with van der Waals surface area (Å²) in [5.74, 6) is -1.38. The van der Waals surface area contributed by atoms with Crippen LogP contribution in [-0.2, 0) is 9.53 Å². The monoisotopic (exact) mass is 300 g/mol. The molecule has 1 atom stereocenters. The summed E-state index contributed by atoms with van der Waals surface area (Å²) in [4.78, 5) is 24.0. The maximum atomic E-state index is 12.1. The number of hydrogen-bond donors (Lipinski definition) is 1. The van der Waals surface area contributed by atoms with Crippen molar-refractivity contribution in [2.75, 3.05) is 13.1 Å². The Hall–Kier alpha value is -2.18. The van der Waals surface area contributed by atoms with Crippen molar-refractivity contribution in [3.63, 3.8) is 0 Å². The maximum absolute atomic E-state index is 12.1. The molecule has 1 saturated heterocycles. The molecule has 1 N–H and O–H groups in total. The predicted molar refractivity (Wildman–Crippen MR) is 73.7 cm³/mol. The Morgan fingerprint density at radius 2 is 2.29 bits per heavy atom. The van der Waals surface area contributed by atoms with E-state index in [4.69, 9.17) is 4.74 Å². The average molecular weight is 300 g/mol. The molecule has 0 aromatic carbocycles. The van der Waals surface area contributed by atoms with Crippen LogP contribution in [0.4, 0.5) is 13.6 Å². The quantitative estimate of drug-likeness (QED) is 0.765. The zero-order valence-corrected chi connectivity index (χ0v) is 11.9. The number of nitrogens with zero attached hydrogens (tertiary/aromatic N) is 1. The van der Waals surface area contributed by atoms with Crippen molar-refractivity contribution in [1.82, 2.24) is 10.2 Å². The van der Waals surface area contributed by atoms with E-state index in [1.807, 2.05) is 12.2 Å². The minimum atomic E-state index is -3.08. The van der Waals surface area contributed by atoms with E-state index in [1.54, 1.807) is 25.2 Å². The molecule has 2 amide bonds. The first kappa shape index (κ1) is 16.9. The van der Waals surface area contributed by atoms with Gasteiger partial charge in [-0.25, -0.2) is 4.79 Å². The van der Waals surface area contributed by atoms with Gasteiger partial charge in [0.1, 0.15) is 6.10 Å². The number of amides is 2. The fourth-order valence-electron chi connectivity index (χ4n) is 1.74. The van der Waals surface area contributed by atoms with Gasteiger partial charge in [0.2, 0.25) is 0 Å². The number of alkyl halides is 2. The first-order valence-corrected chi connectivity index (χ1v) is 6.40. The van der Waals surface area contributed by atoms with E-state index in [2.05, 4.69) is 6.58 Å². The van der Waals surface area contributed by atoms with Crippen molar-refractivity contribution >= 4 is 12.0 Å². The molecule has 0 aromatic rings. The van der Waals surface area contributed by atoms with Gasteiger partial charge in [-0.1, -0.05) is 18.7 Å². The highest BCUT2D eigenvalue weighted by Crippen LogP contribution is 2.19. The van der Waals surface area contributed by atoms with Gasteiger partial charge in [-0.05, 0) is 25.5 Å². The van der Waals surface area contributed by atoms with Gasteiger partial charge in [0.15, 0.2) is 0 Å². The van der Waals surface area contributed by atoms with Crippen molar-refractivity contribution in [2.45, 2.75) is 26.4 Å². The molecule has 7 heteroatoms. The molecule has 1 unspecified atom stereocenters. The molecule has 0 spiro atoms. The summed E-state index contributed by atoms with van der Waals surface area (Å²) < 4.78 is 29.2. The van der Waals surface area contributed by atoms with Crippen LogP contribution in [0, 0.1) is 0 Å². The molecular weight excluding hydrogens is 282 g/mol. The van der Waals surface area contributed by atoms with E-state index in [-0.39, 0.29) is 13.1 Å². The number of carbonyl (C=O) groups is 2. The summed E-state index contributed by atoms with van der Waals surface area (Å²) in [6.45, 7) is 7.26. The van der Waals surface area contributed by atoms with E-state index >= 15 is 0 Å². The zero-order valence-electron chi connectivity index (χ0n) is 11.9. The van der Waals surface area contributed by atoms with Crippen molar-refractivity contribution in [1.29, 1.82) is 0 Å². The standard InChI is InChI=1S/C14H18F2N2O3/c1-4-9(3)6-10(5-2)18-8-11(21-14(18)20)7-17-13(19)12(15)16/h4-6,11-12H,1,7-8H2,2-3H3,(H,17,19). The van der Waals surface area contributed by atoms with Crippen LogP contribution < -0.4 is 5.32 Å². The maximum Gasteiger partial charge on any atom is 0.414 e. The summed E-state index contributed by atoms with van der Waals surface area (Å²) >= 11 is 0. The number of hydrogen-bond acceptors (Lipinski definition) is 3. The SMILES string of the molecule is C=CC(C)=CC(=CC)N1CC(CNC(=O)C(F)F)OC1=O. The molecule has 21 heavy (non-hydrogen) atoms. The summed E-state index contributed by atoms with van der Waals surface area (Å²) in [6.07, 6.45) is 0.816. The van der Waals surface area contributed by atoms with Gasteiger partial charge in [-0.15, -0.1) is 0 Å². The van der Waals surface area contributed by atoms with Gasteiger partial charge < -0.3 is 10.1 Å². The lowest BCUT2D eigenvalue weighted by Gasteiger charge is -2.14. The molecule has 0 radical (unpaired) electrons. The lowest BCUT2D eigenvalue weighted by atomic mass is 10.2. The van der Waals surface area contributed by atoms with Crippen LogP contribution in [0.3, 0.4) is 0 Å². The topological polar surface area (TPSA) is 58.6 Å². The van der Waals surface area contributed by atoms with Gasteiger partial charge in [-0.2, -0.15) is 8.78 Å². The van der Waals surface area contributed by atoms with E-state index in [0.29, 0.717) is 5.70 Å². The molecule has 0 bridgehead atoms. The third kappa shape index (κ3) is 4.70. The Morgan fingerprint density at radius 3 is 2.81 bits per heavy atom. The predicted octanol–water partition coefficient (Wildman–Crippen LogP) is 2.22. The first-order valence-electron chi connectivity index (χ1n) is 6.40. The normalized spacial score (nSPS) is 19.8. The van der Waals surface area contributed by atoms with Crippen LogP contribution in [-0.4, -0.2) is 42.5 Å². The smallest absolute Gasteiger partial charge is 0.414 e. The fraction of sp³-hybridized carbons (Fsp3) is 0.429. The minimum absolute atomic E-state index is 0.146. The molecule has 1 heterocycles. The molecule has 116 valence electrons. The largest absolute Gasteiger partial charge is 0.442 e. The molecule has 1 rings (SSSR count). The number of cyclic esters (lactones) is 1. The summed E-state index contributed by atoms with van der Waals surface area (Å²) in [7, 11) is 0. The summed E-state index contributed by atoms with van der Waals surface area (Å²) in [5, 5.41) is 2.03.